The SMILES string of the molecule is O=C(NC(Cc1ccc(I)cc1)c1ccc(I)cc1)C(F)(F)F. The molecular formula is C16H12F3I2NO. The van der Waals surface area contributed by atoms with Crippen molar-refractivity contribution >= 4 is 51.1 Å². The maximum absolute atomic E-state index is 12.6. The highest BCUT2D eigenvalue weighted by molar-refractivity contribution is 14.1. The highest BCUT2D eigenvalue weighted by Gasteiger charge is 2.39. The summed E-state index contributed by atoms with van der Waals surface area (Å²) in [6, 6.07) is 13.8. The third kappa shape index (κ3) is 5.63. The number of alkyl halides is 3. The van der Waals surface area contributed by atoms with E-state index in [1.54, 1.807) is 24.3 Å². The zero-order valence-corrected chi connectivity index (χ0v) is 16.0. The summed E-state index contributed by atoms with van der Waals surface area (Å²) in [7, 11) is 0. The van der Waals surface area contributed by atoms with Crippen molar-refractivity contribution in [3.8, 4) is 0 Å². The molecule has 7 heteroatoms. The summed E-state index contributed by atoms with van der Waals surface area (Å²) in [4.78, 5) is 11.3. The first-order valence-corrected chi connectivity index (χ1v) is 8.79. The Balaban J connectivity index is 2.25. The molecule has 0 saturated carbocycles. The van der Waals surface area contributed by atoms with Gasteiger partial charge in [-0.2, -0.15) is 13.2 Å². The lowest BCUT2D eigenvalue weighted by molar-refractivity contribution is -0.174. The average Bonchev–Trinajstić information content (AvgIpc) is 2.48. The first-order valence-electron chi connectivity index (χ1n) is 6.63. The number of rotatable bonds is 4. The second kappa shape index (κ2) is 7.82. The number of carbonyl (C=O) groups excluding carboxylic acids is 1. The van der Waals surface area contributed by atoms with Crippen LogP contribution in [-0.4, -0.2) is 12.1 Å². The average molecular weight is 545 g/mol. The van der Waals surface area contributed by atoms with Gasteiger partial charge in [0.15, 0.2) is 0 Å². The van der Waals surface area contributed by atoms with Crippen LogP contribution in [0.2, 0.25) is 0 Å². The van der Waals surface area contributed by atoms with Crippen LogP contribution >= 0.6 is 45.2 Å². The number of hydrogen-bond donors (Lipinski definition) is 1. The third-order valence-electron chi connectivity index (χ3n) is 3.19. The topological polar surface area (TPSA) is 29.1 Å². The molecule has 122 valence electrons. The van der Waals surface area contributed by atoms with Gasteiger partial charge in [-0.15, -0.1) is 0 Å². The second-order valence-electron chi connectivity index (χ2n) is 4.91. The van der Waals surface area contributed by atoms with Gasteiger partial charge in [0.05, 0.1) is 6.04 Å². The van der Waals surface area contributed by atoms with E-state index in [0.29, 0.717) is 12.0 Å². The number of halogens is 5. The second-order valence-corrected chi connectivity index (χ2v) is 7.40. The van der Waals surface area contributed by atoms with Crippen LogP contribution in [0.4, 0.5) is 13.2 Å². The van der Waals surface area contributed by atoms with Gasteiger partial charge in [0.2, 0.25) is 0 Å². The molecule has 0 aliphatic rings. The third-order valence-corrected chi connectivity index (χ3v) is 4.63. The van der Waals surface area contributed by atoms with Gasteiger partial charge in [-0.1, -0.05) is 24.3 Å². The fourth-order valence-corrected chi connectivity index (χ4v) is 2.76. The molecule has 0 saturated heterocycles. The molecule has 0 radical (unpaired) electrons. The van der Waals surface area contributed by atoms with Crippen molar-refractivity contribution in [2.45, 2.75) is 18.6 Å². The van der Waals surface area contributed by atoms with Gasteiger partial charge in [0.1, 0.15) is 0 Å². The molecular weight excluding hydrogens is 533 g/mol. The number of amides is 1. The highest BCUT2D eigenvalue weighted by atomic mass is 127. The number of hydrogen-bond acceptors (Lipinski definition) is 1. The normalized spacial score (nSPS) is 12.7. The van der Waals surface area contributed by atoms with Crippen LogP contribution < -0.4 is 5.32 Å². The van der Waals surface area contributed by atoms with Crippen LogP contribution in [0.3, 0.4) is 0 Å². The van der Waals surface area contributed by atoms with Crippen LogP contribution in [-0.2, 0) is 11.2 Å². The minimum atomic E-state index is -4.90. The van der Waals surface area contributed by atoms with E-state index in [4.69, 9.17) is 0 Å². The van der Waals surface area contributed by atoms with Crippen molar-refractivity contribution in [3.05, 3.63) is 66.8 Å². The maximum atomic E-state index is 12.6. The molecule has 23 heavy (non-hydrogen) atoms. The molecule has 1 atom stereocenters. The minimum absolute atomic E-state index is 0.291. The van der Waals surface area contributed by atoms with Gasteiger partial charge in [-0.3, -0.25) is 4.79 Å². The van der Waals surface area contributed by atoms with E-state index >= 15 is 0 Å². The van der Waals surface area contributed by atoms with Gasteiger partial charge < -0.3 is 5.32 Å². The molecule has 2 aromatic carbocycles. The van der Waals surface area contributed by atoms with Crippen LogP contribution in [0, 0.1) is 7.14 Å². The maximum Gasteiger partial charge on any atom is 0.471 e. The standard InChI is InChI=1S/C16H12F3I2NO/c17-16(18,19)15(23)22-14(11-3-7-13(21)8-4-11)9-10-1-5-12(20)6-2-10/h1-8,14H,9H2,(H,22,23). The Morgan fingerprint density at radius 2 is 1.43 bits per heavy atom. The quantitative estimate of drug-likeness (QED) is 0.547. The van der Waals surface area contributed by atoms with Gasteiger partial charge in [0.25, 0.3) is 0 Å². The van der Waals surface area contributed by atoms with E-state index in [1.807, 2.05) is 24.3 Å². The van der Waals surface area contributed by atoms with Crippen molar-refractivity contribution in [1.82, 2.24) is 5.32 Å². The Bertz CT molecular complexity index is 669. The van der Waals surface area contributed by atoms with Crippen molar-refractivity contribution in [1.29, 1.82) is 0 Å². The fraction of sp³-hybridized carbons (Fsp3) is 0.188. The predicted molar refractivity (Wildman–Crippen MR) is 99.0 cm³/mol. The van der Waals surface area contributed by atoms with E-state index in [1.165, 1.54) is 0 Å². The highest BCUT2D eigenvalue weighted by Crippen LogP contribution is 2.23. The Kier molecular flexibility index (Phi) is 6.29. The van der Waals surface area contributed by atoms with E-state index in [9.17, 15) is 18.0 Å². The molecule has 1 amide bonds. The molecule has 0 bridgehead atoms. The van der Waals surface area contributed by atoms with Crippen LogP contribution in [0.5, 0.6) is 0 Å². The van der Waals surface area contributed by atoms with E-state index in [0.717, 1.165) is 12.7 Å². The molecule has 2 rings (SSSR count). The Morgan fingerprint density at radius 1 is 0.957 bits per heavy atom. The molecule has 2 nitrogen and oxygen atoms in total. The Hall–Kier alpha value is -0.840. The monoisotopic (exact) mass is 545 g/mol. The van der Waals surface area contributed by atoms with E-state index in [-0.39, 0.29) is 0 Å². The molecule has 0 aromatic heterocycles. The molecule has 0 heterocycles. The first-order chi connectivity index (χ1) is 10.8. The van der Waals surface area contributed by atoms with Gasteiger partial charge in [0, 0.05) is 7.14 Å². The summed E-state index contributed by atoms with van der Waals surface area (Å²) in [6.07, 6.45) is -4.60. The van der Waals surface area contributed by atoms with E-state index in [2.05, 4.69) is 50.5 Å². The molecule has 0 aliphatic heterocycles. The Labute approximate surface area is 159 Å². The molecule has 0 fully saturated rings. The summed E-state index contributed by atoms with van der Waals surface area (Å²) in [5, 5.41) is 2.09. The summed E-state index contributed by atoms with van der Waals surface area (Å²) < 4.78 is 39.7. The molecule has 0 aliphatic carbocycles. The zero-order valence-electron chi connectivity index (χ0n) is 11.7. The van der Waals surface area contributed by atoms with Crippen LogP contribution in [0.25, 0.3) is 0 Å². The smallest absolute Gasteiger partial charge is 0.341 e. The van der Waals surface area contributed by atoms with Crippen molar-refractivity contribution in [2.75, 3.05) is 0 Å². The molecule has 0 spiro atoms. The lowest BCUT2D eigenvalue weighted by Crippen LogP contribution is -2.39. The largest absolute Gasteiger partial charge is 0.471 e. The van der Waals surface area contributed by atoms with Gasteiger partial charge in [-0.25, -0.2) is 0 Å². The Morgan fingerprint density at radius 3 is 1.91 bits per heavy atom. The minimum Gasteiger partial charge on any atom is -0.341 e. The lowest BCUT2D eigenvalue weighted by Gasteiger charge is -2.20. The number of carbonyl (C=O) groups is 1. The number of benzene rings is 2. The molecule has 2 aromatic rings. The van der Waals surface area contributed by atoms with E-state index < -0.39 is 18.1 Å². The first kappa shape index (κ1) is 18.5. The zero-order chi connectivity index (χ0) is 17.0. The summed E-state index contributed by atoms with van der Waals surface area (Å²) >= 11 is 4.27. The number of nitrogens with one attached hydrogen (secondary N) is 1. The lowest BCUT2D eigenvalue weighted by atomic mass is 9.99. The summed E-state index contributed by atoms with van der Waals surface area (Å²) in [5.41, 5.74) is 1.50. The van der Waals surface area contributed by atoms with Gasteiger partial charge >= 0.3 is 12.1 Å². The summed E-state index contributed by atoms with van der Waals surface area (Å²) in [5.74, 6) is -1.92. The fourth-order valence-electron chi connectivity index (χ4n) is 2.04. The van der Waals surface area contributed by atoms with Crippen LogP contribution in [0.15, 0.2) is 48.5 Å². The van der Waals surface area contributed by atoms with Crippen molar-refractivity contribution in [3.63, 3.8) is 0 Å². The van der Waals surface area contributed by atoms with Crippen molar-refractivity contribution in [2.24, 2.45) is 0 Å². The van der Waals surface area contributed by atoms with Crippen molar-refractivity contribution < 1.29 is 18.0 Å². The molecule has 1 N–H and O–H groups in total. The molecule has 1 unspecified atom stereocenters. The summed E-state index contributed by atoms with van der Waals surface area (Å²) in [6.45, 7) is 0. The van der Waals surface area contributed by atoms with Gasteiger partial charge in [-0.05, 0) is 87.0 Å². The van der Waals surface area contributed by atoms with Crippen LogP contribution in [0.1, 0.15) is 17.2 Å². The predicted octanol–water partition coefficient (Wildman–Crippen LogP) is 4.86.